The van der Waals surface area contributed by atoms with Crippen LogP contribution in [0.2, 0.25) is 0 Å². The van der Waals surface area contributed by atoms with Crippen LogP contribution in [0.4, 0.5) is 0 Å². The van der Waals surface area contributed by atoms with Crippen LogP contribution in [0, 0.1) is 11.3 Å². The molecule has 28 heavy (non-hydrogen) atoms. The van der Waals surface area contributed by atoms with Crippen molar-refractivity contribution >= 4 is 17.2 Å². The zero-order chi connectivity index (χ0) is 19.3. The minimum Gasteiger partial charge on any atom is -0.467 e. The van der Waals surface area contributed by atoms with E-state index in [0.717, 1.165) is 57.1 Å². The molecule has 0 spiro atoms. The van der Waals surface area contributed by atoms with Gasteiger partial charge < -0.3 is 9.64 Å². The first kappa shape index (κ1) is 18.9. The van der Waals surface area contributed by atoms with Gasteiger partial charge in [-0.1, -0.05) is 17.4 Å². The standard InChI is InChI=1S/C21H24N4O2S/c22-15-16-2-1-3-17(14-16)20(26)25-9-4-18(5-10-25)24-11-6-19(7-12-24)27-21-23-8-13-28-21/h1-3,8,13-14,18-19H,4-7,9-12H2. The molecule has 2 aliphatic rings. The minimum absolute atomic E-state index is 0.0334. The van der Waals surface area contributed by atoms with Crippen LogP contribution in [0.1, 0.15) is 41.6 Å². The van der Waals surface area contributed by atoms with E-state index in [4.69, 9.17) is 10.00 Å². The number of nitriles is 1. The number of carbonyl (C=O) groups excluding carboxylic acids is 1. The number of hydrogen-bond donors (Lipinski definition) is 0. The van der Waals surface area contributed by atoms with E-state index in [1.54, 1.807) is 41.8 Å². The molecule has 0 radical (unpaired) electrons. The summed E-state index contributed by atoms with van der Waals surface area (Å²) in [6.07, 6.45) is 6.10. The topological polar surface area (TPSA) is 69.5 Å². The molecule has 7 heteroatoms. The maximum Gasteiger partial charge on any atom is 0.273 e. The highest BCUT2D eigenvalue weighted by molar-refractivity contribution is 7.11. The molecule has 0 unspecified atom stereocenters. The Morgan fingerprint density at radius 1 is 1.18 bits per heavy atom. The van der Waals surface area contributed by atoms with Crippen LogP contribution in [-0.4, -0.2) is 59.0 Å². The molecule has 0 N–H and O–H groups in total. The van der Waals surface area contributed by atoms with E-state index in [0.29, 0.717) is 17.2 Å². The van der Waals surface area contributed by atoms with Gasteiger partial charge in [0.1, 0.15) is 6.10 Å². The summed E-state index contributed by atoms with van der Waals surface area (Å²) < 4.78 is 5.95. The van der Waals surface area contributed by atoms with Crippen LogP contribution in [0.15, 0.2) is 35.8 Å². The zero-order valence-corrected chi connectivity index (χ0v) is 16.6. The van der Waals surface area contributed by atoms with Gasteiger partial charge in [0.15, 0.2) is 0 Å². The quantitative estimate of drug-likeness (QED) is 0.794. The molecule has 1 aromatic carbocycles. The molecule has 0 saturated carbocycles. The van der Waals surface area contributed by atoms with Gasteiger partial charge in [-0.3, -0.25) is 9.69 Å². The van der Waals surface area contributed by atoms with Crippen molar-refractivity contribution in [2.24, 2.45) is 0 Å². The maximum atomic E-state index is 12.7. The molecule has 2 aliphatic heterocycles. The number of amides is 1. The summed E-state index contributed by atoms with van der Waals surface area (Å²) in [6.45, 7) is 3.63. The van der Waals surface area contributed by atoms with Gasteiger partial charge in [-0.2, -0.15) is 5.26 Å². The van der Waals surface area contributed by atoms with Gasteiger partial charge in [0.25, 0.3) is 11.1 Å². The Kier molecular flexibility index (Phi) is 5.89. The maximum absolute atomic E-state index is 12.7. The Morgan fingerprint density at radius 2 is 1.96 bits per heavy atom. The number of benzene rings is 1. The van der Waals surface area contributed by atoms with Crippen LogP contribution < -0.4 is 4.74 Å². The minimum atomic E-state index is 0.0334. The molecule has 2 fully saturated rings. The summed E-state index contributed by atoms with van der Waals surface area (Å²) in [5, 5.41) is 11.7. The van der Waals surface area contributed by atoms with Gasteiger partial charge in [-0.25, -0.2) is 4.98 Å². The number of hydrogen-bond acceptors (Lipinski definition) is 6. The highest BCUT2D eigenvalue weighted by Crippen LogP contribution is 2.25. The molecule has 0 aliphatic carbocycles. The van der Waals surface area contributed by atoms with E-state index in [1.807, 2.05) is 10.3 Å². The Balaban J connectivity index is 1.25. The number of nitrogens with zero attached hydrogens (tertiary/aromatic N) is 4. The molecule has 4 rings (SSSR count). The Labute approximate surface area is 169 Å². The average molecular weight is 397 g/mol. The summed E-state index contributed by atoms with van der Waals surface area (Å²) in [4.78, 5) is 21.4. The molecule has 1 amide bonds. The first-order chi connectivity index (χ1) is 13.7. The number of piperidine rings is 2. The Morgan fingerprint density at radius 3 is 2.64 bits per heavy atom. The number of carbonyl (C=O) groups is 1. The Bertz CT molecular complexity index is 832. The summed E-state index contributed by atoms with van der Waals surface area (Å²) in [5.74, 6) is 0.0334. The number of likely N-dealkylation sites (tertiary alicyclic amines) is 2. The second-order valence-electron chi connectivity index (χ2n) is 7.37. The summed E-state index contributed by atoms with van der Waals surface area (Å²) in [5.41, 5.74) is 1.14. The fourth-order valence-electron chi connectivity index (χ4n) is 4.11. The highest BCUT2D eigenvalue weighted by Gasteiger charge is 2.30. The molecule has 2 saturated heterocycles. The van der Waals surface area contributed by atoms with Gasteiger partial charge in [0.05, 0.1) is 11.6 Å². The van der Waals surface area contributed by atoms with E-state index in [9.17, 15) is 4.79 Å². The second-order valence-corrected chi connectivity index (χ2v) is 8.22. The SMILES string of the molecule is N#Cc1cccc(C(=O)N2CCC(N3CCC(Oc4nccs4)CC3)CC2)c1. The molecule has 0 atom stereocenters. The van der Waals surface area contributed by atoms with Crippen LogP contribution in [0.5, 0.6) is 5.19 Å². The summed E-state index contributed by atoms with van der Waals surface area (Å²) >= 11 is 1.55. The van der Waals surface area contributed by atoms with Gasteiger partial charge in [0, 0.05) is 49.4 Å². The van der Waals surface area contributed by atoms with E-state index < -0.39 is 0 Å². The van der Waals surface area contributed by atoms with Crippen LogP contribution >= 0.6 is 11.3 Å². The summed E-state index contributed by atoms with van der Waals surface area (Å²) in [6, 6.07) is 9.62. The fraction of sp³-hybridized carbons (Fsp3) is 0.476. The predicted molar refractivity (Wildman–Crippen MR) is 107 cm³/mol. The van der Waals surface area contributed by atoms with Gasteiger partial charge in [-0.15, -0.1) is 0 Å². The van der Waals surface area contributed by atoms with Gasteiger partial charge in [0.2, 0.25) is 0 Å². The third-order valence-corrected chi connectivity index (χ3v) is 6.32. The van der Waals surface area contributed by atoms with E-state index in [-0.39, 0.29) is 12.0 Å². The lowest BCUT2D eigenvalue weighted by Crippen LogP contribution is -2.50. The normalized spacial score (nSPS) is 19.3. The largest absolute Gasteiger partial charge is 0.467 e. The van der Waals surface area contributed by atoms with E-state index >= 15 is 0 Å². The number of ether oxygens (including phenoxy) is 1. The molecule has 2 aromatic rings. The van der Waals surface area contributed by atoms with Gasteiger partial charge >= 0.3 is 0 Å². The van der Waals surface area contributed by atoms with Crippen molar-refractivity contribution in [2.75, 3.05) is 26.2 Å². The number of thiazole rings is 1. The molecule has 1 aromatic heterocycles. The fourth-order valence-corrected chi connectivity index (χ4v) is 4.66. The number of rotatable bonds is 4. The first-order valence-electron chi connectivity index (χ1n) is 9.82. The third kappa shape index (κ3) is 4.34. The van der Waals surface area contributed by atoms with E-state index in [2.05, 4.69) is 16.0 Å². The first-order valence-corrected chi connectivity index (χ1v) is 10.7. The predicted octanol–water partition coefficient (Wildman–Crippen LogP) is 3.16. The van der Waals surface area contributed by atoms with Crippen molar-refractivity contribution < 1.29 is 9.53 Å². The van der Waals surface area contributed by atoms with Crippen LogP contribution in [0.3, 0.4) is 0 Å². The summed E-state index contributed by atoms with van der Waals surface area (Å²) in [7, 11) is 0. The Hall–Kier alpha value is -2.43. The lowest BCUT2D eigenvalue weighted by molar-refractivity contribution is 0.0425. The van der Waals surface area contributed by atoms with Crippen LogP contribution in [-0.2, 0) is 0 Å². The van der Waals surface area contributed by atoms with Crippen molar-refractivity contribution in [1.29, 1.82) is 5.26 Å². The van der Waals surface area contributed by atoms with Crippen molar-refractivity contribution in [3.05, 3.63) is 47.0 Å². The lowest BCUT2D eigenvalue weighted by atomic mass is 9.98. The van der Waals surface area contributed by atoms with Crippen molar-refractivity contribution in [2.45, 2.75) is 37.8 Å². The molecule has 6 nitrogen and oxygen atoms in total. The second kappa shape index (κ2) is 8.72. The van der Waals surface area contributed by atoms with Crippen molar-refractivity contribution in [3.8, 4) is 11.3 Å². The van der Waals surface area contributed by atoms with Crippen molar-refractivity contribution in [3.63, 3.8) is 0 Å². The van der Waals surface area contributed by atoms with Gasteiger partial charge in [-0.05, 0) is 43.9 Å². The molecular formula is C21H24N4O2S. The molecule has 146 valence electrons. The highest BCUT2D eigenvalue weighted by atomic mass is 32.1. The average Bonchev–Trinajstić information content (AvgIpc) is 3.27. The molecular weight excluding hydrogens is 372 g/mol. The number of aromatic nitrogens is 1. The third-order valence-electron chi connectivity index (χ3n) is 5.66. The van der Waals surface area contributed by atoms with Crippen LogP contribution in [0.25, 0.3) is 0 Å². The zero-order valence-electron chi connectivity index (χ0n) is 15.8. The van der Waals surface area contributed by atoms with E-state index in [1.165, 1.54) is 0 Å². The lowest BCUT2D eigenvalue weighted by Gasteiger charge is -2.41. The van der Waals surface area contributed by atoms with Crippen molar-refractivity contribution in [1.82, 2.24) is 14.8 Å². The molecule has 0 bridgehead atoms. The molecule has 3 heterocycles. The monoisotopic (exact) mass is 396 g/mol. The smallest absolute Gasteiger partial charge is 0.273 e.